The van der Waals surface area contributed by atoms with E-state index in [1.165, 1.54) is 4.90 Å². The first-order chi connectivity index (χ1) is 9.63. The van der Waals surface area contributed by atoms with Gasteiger partial charge in [0.1, 0.15) is 6.04 Å². The van der Waals surface area contributed by atoms with Gasteiger partial charge in [-0.05, 0) is 31.2 Å². The van der Waals surface area contributed by atoms with E-state index in [0.29, 0.717) is 37.0 Å². The molecule has 1 atom stereocenters. The van der Waals surface area contributed by atoms with Crippen LogP contribution in [0.3, 0.4) is 0 Å². The van der Waals surface area contributed by atoms with Gasteiger partial charge in [0.15, 0.2) is 0 Å². The number of halogens is 1. The minimum atomic E-state index is -0.661. The zero-order valence-electron chi connectivity index (χ0n) is 11.2. The highest BCUT2D eigenvalue weighted by Gasteiger charge is 2.28. The van der Waals surface area contributed by atoms with Crippen molar-refractivity contribution in [2.24, 2.45) is 0 Å². The van der Waals surface area contributed by atoms with Crippen molar-refractivity contribution < 1.29 is 14.3 Å². The highest BCUT2D eigenvalue weighted by molar-refractivity contribution is 6.30. The van der Waals surface area contributed by atoms with Gasteiger partial charge in [-0.2, -0.15) is 0 Å². The number of carbonyl (C=O) groups is 1. The van der Waals surface area contributed by atoms with Gasteiger partial charge in [-0.3, -0.25) is 9.69 Å². The molecule has 1 saturated heterocycles. The third-order valence-corrected chi connectivity index (χ3v) is 3.40. The fourth-order valence-corrected chi connectivity index (χ4v) is 2.19. The molecular formula is C14H16ClN2O3. The standard InChI is InChI=1S/C14H16ClN2O3/c1-11(10-18)17(13-4-2-12(15)3-5-13)14(19)16-6-8-20-9-7-16/h2-5,11H,6-9H2,1H3/t11-/m0/s1. The van der Waals surface area contributed by atoms with Crippen LogP contribution in [0.4, 0.5) is 10.5 Å². The SMILES string of the molecule is C[C@@H]([C]=O)N(C(=O)N1CCOCC1)c1ccc(Cl)cc1. The van der Waals surface area contributed by atoms with Crippen molar-refractivity contribution in [3.8, 4) is 0 Å². The van der Waals surface area contributed by atoms with Crippen LogP contribution in [-0.4, -0.2) is 49.6 Å². The molecule has 1 aromatic carbocycles. The van der Waals surface area contributed by atoms with Crippen LogP contribution in [0.25, 0.3) is 0 Å². The van der Waals surface area contributed by atoms with Crippen molar-refractivity contribution in [1.29, 1.82) is 0 Å². The Morgan fingerprint density at radius 2 is 1.95 bits per heavy atom. The van der Waals surface area contributed by atoms with Crippen molar-refractivity contribution in [3.05, 3.63) is 29.3 Å². The van der Waals surface area contributed by atoms with Crippen LogP contribution in [0, 0.1) is 0 Å². The molecular weight excluding hydrogens is 280 g/mol. The molecule has 2 amide bonds. The molecule has 1 aromatic rings. The number of hydrogen-bond donors (Lipinski definition) is 0. The average molecular weight is 296 g/mol. The zero-order valence-corrected chi connectivity index (χ0v) is 12.0. The van der Waals surface area contributed by atoms with Gasteiger partial charge in [-0.15, -0.1) is 0 Å². The largest absolute Gasteiger partial charge is 0.378 e. The van der Waals surface area contributed by atoms with Crippen molar-refractivity contribution in [2.75, 3.05) is 31.2 Å². The molecule has 0 unspecified atom stereocenters. The molecule has 107 valence electrons. The molecule has 0 aromatic heterocycles. The van der Waals surface area contributed by atoms with Gasteiger partial charge >= 0.3 is 6.03 Å². The summed E-state index contributed by atoms with van der Waals surface area (Å²) in [4.78, 5) is 26.7. The Morgan fingerprint density at radius 1 is 1.35 bits per heavy atom. The van der Waals surface area contributed by atoms with Crippen LogP contribution < -0.4 is 4.90 Å². The molecule has 0 saturated carbocycles. The van der Waals surface area contributed by atoms with Crippen LogP contribution in [0.2, 0.25) is 5.02 Å². The van der Waals surface area contributed by atoms with E-state index in [-0.39, 0.29) is 6.03 Å². The summed E-state index contributed by atoms with van der Waals surface area (Å²) >= 11 is 5.85. The molecule has 0 bridgehead atoms. The molecule has 2 rings (SSSR count). The lowest BCUT2D eigenvalue weighted by Crippen LogP contribution is -2.51. The first-order valence-corrected chi connectivity index (χ1v) is 6.80. The van der Waals surface area contributed by atoms with E-state index >= 15 is 0 Å². The maximum absolute atomic E-state index is 12.6. The Hall–Kier alpha value is -1.59. The minimum Gasteiger partial charge on any atom is -0.378 e. The zero-order chi connectivity index (χ0) is 14.5. The topological polar surface area (TPSA) is 49.9 Å². The molecule has 1 fully saturated rings. The van der Waals surface area contributed by atoms with Crippen molar-refractivity contribution in [1.82, 2.24) is 4.90 Å². The van der Waals surface area contributed by atoms with Crippen LogP contribution in [-0.2, 0) is 9.53 Å². The molecule has 0 N–H and O–H groups in total. The lowest BCUT2D eigenvalue weighted by Gasteiger charge is -2.34. The molecule has 1 radical (unpaired) electrons. The quantitative estimate of drug-likeness (QED) is 0.858. The molecule has 20 heavy (non-hydrogen) atoms. The predicted octanol–water partition coefficient (Wildman–Crippen LogP) is 2.10. The minimum absolute atomic E-state index is 0.216. The smallest absolute Gasteiger partial charge is 0.325 e. The Kier molecular flexibility index (Phi) is 4.98. The van der Waals surface area contributed by atoms with E-state index in [0.717, 1.165) is 0 Å². The van der Waals surface area contributed by atoms with Crippen molar-refractivity contribution in [2.45, 2.75) is 13.0 Å². The summed E-state index contributed by atoms with van der Waals surface area (Å²) in [6, 6.07) is 5.93. The number of morpholine rings is 1. The molecule has 0 spiro atoms. The molecule has 1 heterocycles. The van der Waals surface area contributed by atoms with Gasteiger partial charge in [0.05, 0.1) is 13.2 Å². The summed E-state index contributed by atoms with van der Waals surface area (Å²) in [5.41, 5.74) is 0.627. The lowest BCUT2D eigenvalue weighted by atomic mass is 10.2. The van der Waals surface area contributed by atoms with Crippen LogP contribution >= 0.6 is 11.6 Å². The lowest BCUT2D eigenvalue weighted by molar-refractivity contribution is 0.0547. The number of hydrogen-bond acceptors (Lipinski definition) is 3. The molecule has 5 nitrogen and oxygen atoms in total. The summed E-state index contributed by atoms with van der Waals surface area (Å²) in [6.07, 6.45) is 1.86. The number of urea groups is 1. The van der Waals surface area contributed by atoms with Crippen LogP contribution in [0.5, 0.6) is 0 Å². The molecule has 1 aliphatic heterocycles. The fraction of sp³-hybridized carbons (Fsp3) is 0.429. The summed E-state index contributed by atoms with van der Waals surface area (Å²) in [5, 5.41) is 0.579. The maximum atomic E-state index is 12.6. The summed E-state index contributed by atoms with van der Waals surface area (Å²) in [6.45, 7) is 3.71. The Balaban J connectivity index is 2.24. The number of rotatable bonds is 3. The normalized spacial score (nSPS) is 16.6. The number of anilines is 1. The summed E-state index contributed by atoms with van der Waals surface area (Å²) < 4.78 is 5.23. The van der Waals surface area contributed by atoms with Gasteiger partial charge in [-0.25, -0.2) is 4.79 Å². The van der Waals surface area contributed by atoms with Crippen molar-refractivity contribution >= 4 is 29.6 Å². The monoisotopic (exact) mass is 295 g/mol. The molecule has 0 aliphatic carbocycles. The third kappa shape index (κ3) is 3.29. The summed E-state index contributed by atoms with van der Waals surface area (Å²) in [7, 11) is 0. The second-order valence-electron chi connectivity index (χ2n) is 4.52. The maximum Gasteiger partial charge on any atom is 0.325 e. The second kappa shape index (κ2) is 6.72. The van der Waals surface area contributed by atoms with Gasteiger partial charge in [0.25, 0.3) is 0 Å². The van der Waals surface area contributed by atoms with Gasteiger partial charge < -0.3 is 9.64 Å². The third-order valence-electron chi connectivity index (χ3n) is 3.15. The Bertz CT molecular complexity index is 472. The summed E-state index contributed by atoms with van der Waals surface area (Å²) in [5.74, 6) is 0. The number of benzene rings is 1. The second-order valence-corrected chi connectivity index (χ2v) is 4.96. The van der Waals surface area contributed by atoms with Crippen molar-refractivity contribution in [3.63, 3.8) is 0 Å². The van der Waals surface area contributed by atoms with E-state index in [1.54, 1.807) is 36.1 Å². The molecule has 6 heteroatoms. The van der Waals surface area contributed by atoms with E-state index in [2.05, 4.69) is 0 Å². The predicted molar refractivity (Wildman–Crippen MR) is 76.9 cm³/mol. The van der Waals surface area contributed by atoms with E-state index in [9.17, 15) is 9.59 Å². The number of carbonyl (C=O) groups excluding carboxylic acids is 2. The number of ether oxygens (including phenoxy) is 1. The Morgan fingerprint density at radius 3 is 2.50 bits per heavy atom. The van der Waals surface area contributed by atoms with Gasteiger partial charge in [-0.1, -0.05) is 11.6 Å². The van der Waals surface area contributed by atoms with E-state index in [1.807, 2.05) is 6.29 Å². The van der Waals surface area contributed by atoms with Crippen LogP contribution in [0.15, 0.2) is 24.3 Å². The van der Waals surface area contributed by atoms with Gasteiger partial charge in [0.2, 0.25) is 6.29 Å². The number of nitrogens with zero attached hydrogens (tertiary/aromatic N) is 2. The average Bonchev–Trinajstić information content (AvgIpc) is 2.50. The van der Waals surface area contributed by atoms with Crippen LogP contribution in [0.1, 0.15) is 6.92 Å². The van der Waals surface area contributed by atoms with Gasteiger partial charge in [0, 0.05) is 23.8 Å². The van der Waals surface area contributed by atoms with E-state index < -0.39 is 6.04 Å². The highest BCUT2D eigenvalue weighted by Crippen LogP contribution is 2.21. The fourth-order valence-electron chi connectivity index (χ4n) is 2.06. The number of amides is 2. The molecule has 1 aliphatic rings. The Labute approximate surface area is 123 Å². The van der Waals surface area contributed by atoms with E-state index in [4.69, 9.17) is 16.3 Å². The highest BCUT2D eigenvalue weighted by atomic mass is 35.5. The first-order valence-electron chi connectivity index (χ1n) is 6.42. The first kappa shape index (κ1) is 14.8.